The summed E-state index contributed by atoms with van der Waals surface area (Å²) in [6.45, 7) is 1.13. The van der Waals surface area contributed by atoms with E-state index in [0.29, 0.717) is 10.4 Å². The van der Waals surface area contributed by atoms with Crippen LogP contribution in [0.2, 0.25) is 0 Å². The fourth-order valence-electron chi connectivity index (χ4n) is 1.28. The number of benzene rings is 1. The van der Waals surface area contributed by atoms with E-state index in [-0.39, 0.29) is 4.47 Å². The van der Waals surface area contributed by atoms with Crippen LogP contribution in [0.25, 0.3) is 0 Å². The Kier molecular flexibility index (Phi) is 4.64. The first kappa shape index (κ1) is 16.0. The number of carbonyl (C=O) groups is 1. The average molecular weight is 358 g/mol. The molecule has 1 atom stereocenters. The number of rotatable bonds is 4. The quantitative estimate of drug-likeness (QED) is 0.891. The lowest BCUT2D eigenvalue weighted by atomic mass is 10.3. The molecule has 0 aliphatic rings. The summed E-state index contributed by atoms with van der Waals surface area (Å²) >= 11 is 2.75. The summed E-state index contributed by atoms with van der Waals surface area (Å²) < 4.78 is 50.9. The van der Waals surface area contributed by atoms with Crippen LogP contribution in [0, 0.1) is 11.6 Å². The maximum atomic E-state index is 13.6. The van der Waals surface area contributed by atoms with Crippen molar-refractivity contribution in [1.29, 1.82) is 0 Å². The van der Waals surface area contributed by atoms with Gasteiger partial charge < -0.3 is 5.11 Å². The van der Waals surface area contributed by atoms with Crippen LogP contribution in [0.15, 0.2) is 21.5 Å². The summed E-state index contributed by atoms with van der Waals surface area (Å²) in [5.74, 6) is -3.63. The van der Waals surface area contributed by atoms with Crippen molar-refractivity contribution >= 4 is 31.9 Å². The lowest BCUT2D eigenvalue weighted by Crippen LogP contribution is -2.40. The lowest BCUT2D eigenvalue weighted by Gasteiger charge is -2.21. The molecule has 0 radical (unpaired) electrons. The van der Waals surface area contributed by atoms with Gasteiger partial charge in [0.2, 0.25) is 10.0 Å². The molecule has 0 fully saturated rings. The minimum Gasteiger partial charge on any atom is -0.480 e. The van der Waals surface area contributed by atoms with Crippen molar-refractivity contribution in [2.45, 2.75) is 17.9 Å². The molecule has 9 heteroatoms. The number of halogens is 3. The zero-order valence-corrected chi connectivity index (χ0v) is 12.3. The minimum atomic E-state index is -4.40. The van der Waals surface area contributed by atoms with Gasteiger partial charge in [-0.15, -0.1) is 0 Å². The van der Waals surface area contributed by atoms with E-state index in [1.165, 1.54) is 0 Å². The molecule has 0 saturated heterocycles. The highest BCUT2D eigenvalue weighted by molar-refractivity contribution is 9.10. The fourth-order valence-corrected chi connectivity index (χ4v) is 3.71. The molecule has 106 valence electrons. The first-order valence-electron chi connectivity index (χ1n) is 4.94. The average Bonchev–Trinajstić information content (AvgIpc) is 2.24. The Morgan fingerprint density at radius 1 is 1.42 bits per heavy atom. The van der Waals surface area contributed by atoms with E-state index in [4.69, 9.17) is 5.11 Å². The monoisotopic (exact) mass is 357 g/mol. The summed E-state index contributed by atoms with van der Waals surface area (Å²) in [5.41, 5.74) is 0. The predicted molar refractivity (Wildman–Crippen MR) is 66.1 cm³/mol. The van der Waals surface area contributed by atoms with Gasteiger partial charge in [0.05, 0.1) is 0 Å². The third-order valence-corrected chi connectivity index (χ3v) is 5.40. The molecular formula is C10H10BrF2NO4S. The molecule has 0 saturated carbocycles. The number of hydrogen-bond donors (Lipinski definition) is 1. The summed E-state index contributed by atoms with van der Waals surface area (Å²) in [7, 11) is -3.39. The van der Waals surface area contributed by atoms with Crippen LogP contribution in [0.1, 0.15) is 6.92 Å². The van der Waals surface area contributed by atoms with Crippen LogP contribution in [0.5, 0.6) is 0 Å². The summed E-state index contributed by atoms with van der Waals surface area (Å²) in [5, 5.41) is 8.77. The third kappa shape index (κ3) is 3.10. The Morgan fingerprint density at radius 2 is 1.95 bits per heavy atom. The van der Waals surface area contributed by atoms with E-state index in [1.54, 1.807) is 0 Å². The van der Waals surface area contributed by atoms with Gasteiger partial charge in [0.15, 0.2) is 0 Å². The zero-order chi connectivity index (χ0) is 15.0. The molecule has 0 heterocycles. The molecule has 0 spiro atoms. The molecule has 19 heavy (non-hydrogen) atoms. The molecule has 0 aliphatic heterocycles. The second kappa shape index (κ2) is 5.51. The van der Waals surface area contributed by atoms with Gasteiger partial charge in [0, 0.05) is 17.6 Å². The number of nitrogens with zero attached hydrogens (tertiary/aromatic N) is 1. The smallest absolute Gasteiger partial charge is 0.321 e. The Hall–Kier alpha value is -1.06. The summed E-state index contributed by atoms with van der Waals surface area (Å²) in [4.78, 5) is 9.97. The zero-order valence-electron chi connectivity index (χ0n) is 9.89. The number of sulfonamides is 1. The van der Waals surface area contributed by atoms with Crippen molar-refractivity contribution in [3.63, 3.8) is 0 Å². The largest absolute Gasteiger partial charge is 0.480 e. The van der Waals surface area contributed by atoms with Gasteiger partial charge in [0.25, 0.3) is 0 Å². The molecule has 1 aromatic carbocycles. The molecule has 1 N–H and O–H groups in total. The van der Waals surface area contributed by atoms with Crippen molar-refractivity contribution in [2.24, 2.45) is 0 Å². The van der Waals surface area contributed by atoms with E-state index < -0.39 is 38.6 Å². The number of carboxylic acid groups (broad SMARTS) is 1. The van der Waals surface area contributed by atoms with E-state index >= 15 is 0 Å². The van der Waals surface area contributed by atoms with Crippen molar-refractivity contribution in [3.8, 4) is 0 Å². The summed E-state index contributed by atoms with van der Waals surface area (Å²) in [6, 6.07) is -0.187. The second-order valence-corrected chi connectivity index (χ2v) is 6.52. The normalized spacial score (nSPS) is 13.6. The lowest BCUT2D eigenvalue weighted by molar-refractivity contribution is -0.140. The highest BCUT2D eigenvalue weighted by atomic mass is 79.9. The molecular weight excluding hydrogens is 348 g/mol. The summed E-state index contributed by atoms with van der Waals surface area (Å²) in [6.07, 6.45) is 0. The van der Waals surface area contributed by atoms with E-state index in [9.17, 15) is 22.0 Å². The molecule has 0 aromatic heterocycles. The molecule has 0 bridgehead atoms. The third-order valence-electron chi connectivity index (χ3n) is 2.50. The van der Waals surface area contributed by atoms with Crippen molar-refractivity contribution in [2.75, 3.05) is 7.05 Å². The Bertz CT molecular complexity index is 597. The van der Waals surface area contributed by atoms with Crippen molar-refractivity contribution < 1.29 is 27.1 Å². The van der Waals surface area contributed by atoms with Crippen LogP contribution < -0.4 is 0 Å². The van der Waals surface area contributed by atoms with Gasteiger partial charge >= 0.3 is 5.97 Å². The molecule has 1 aromatic rings. The van der Waals surface area contributed by atoms with Crippen LogP contribution in [-0.4, -0.2) is 36.9 Å². The van der Waals surface area contributed by atoms with Crippen LogP contribution in [0.3, 0.4) is 0 Å². The molecule has 1 unspecified atom stereocenters. The van der Waals surface area contributed by atoms with Crippen LogP contribution in [0.4, 0.5) is 8.78 Å². The first-order chi connectivity index (χ1) is 8.59. The van der Waals surface area contributed by atoms with Crippen LogP contribution in [-0.2, 0) is 14.8 Å². The SMILES string of the molecule is CC(C(=O)O)N(C)S(=O)(=O)c1c(F)cc(F)cc1Br. The van der Waals surface area contributed by atoms with Gasteiger partial charge in [-0.2, -0.15) is 4.31 Å². The maximum Gasteiger partial charge on any atom is 0.321 e. The maximum absolute atomic E-state index is 13.6. The standard InChI is InChI=1S/C10H10BrF2NO4S/c1-5(10(15)16)14(2)19(17,18)9-7(11)3-6(12)4-8(9)13/h3-5H,1-2H3,(H,15,16). The number of aliphatic carboxylic acids is 1. The molecule has 5 nitrogen and oxygen atoms in total. The van der Waals surface area contributed by atoms with E-state index in [1.807, 2.05) is 0 Å². The first-order valence-corrected chi connectivity index (χ1v) is 7.17. The molecule has 0 aliphatic carbocycles. The van der Waals surface area contributed by atoms with Gasteiger partial charge in [-0.25, -0.2) is 17.2 Å². The van der Waals surface area contributed by atoms with Crippen molar-refractivity contribution in [3.05, 3.63) is 28.2 Å². The molecule has 0 amide bonds. The van der Waals surface area contributed by atoms with E-state index in [2.05, 4.69) is 15.9 Å². The predicted octanol–water partition coefficient (Wildman–Crippen LogP) is 1.82. The van der Waals surface area contributed by atoms with Crippen LogP contribution >= 0.6 is 15.9 Å². The van der Waals surface area contributed by atoms with Gasteiger partial charge in [0.1, 0.15) is 22.6 Å². The second-order valence-electron chi connectivity index (χ2n) is 3.73. The Morgan fingerprint density at radius 3 is 2.37 bits per heavy atom. The van der Waals surface area contributed by atoms with Gasteiger partial charge in [-0.1, -0.05) is 0 Å². The number of hydrogen-bond acceptors (Lipinski definition) is 3. The van der Waals surface area contributed by atoms with E-state index in [0.717, 1.165) is 20.0 Å². The number of likely N-dealkylation sites (N-methyl/N-ethyl adjacent to an activating group) is 1. The Labute approximate surface area is 117 Å². The van der Waals surface area contributed by atoms with Crippen molar-refractivity contribution in [1.82, 2.24) is 4.31 Å². The minimum absolute atomic E-state index is 0.311. The van der Waals surface area contributed by atoms with Gasteiger partial charge in [-0.05, 0) is 28.9 Å². The topological polar surface area (TPSA) is 74.7 Å². The fraction of sp³-hybridized carbons (Fsp3) is 0.300. The van der Waals surface area contributed by atoms with Gasteiger partial charge in [-0.3, -0.25) is 4.79 Å². The number of carboxylic acids is 1. The highest BCUT2D eigenvalue weighted by Gasteiger charge is 2.33. The highest BCUT2D eigenvalue weighted by Crippen LogP contribution is 2.29. The Balaban J connectivity index is 3.40. The molecule has 1 rings (SSSR count).